The van der Waals surface area contributed by atoms with Crippen molar-refractivity contribution in [2.45, 2.75) is 13.0 Å². The number of benzene rings is 2. The molecule has 0 spiro atoms. The molecule has 9 heteroatoms. The first kappa shape index (κ1) is 21.0. The van der Waals surface area contributed by atoms with Crippen molar-refractivity contribution in [1.82, 2.24) is 9.88 Å². The normalized spacial score (nSPS) is 15.6. The molecular weight excluding hydrogens is 418 g/mol. The third-order valence-electron chi connectivity index (χ3n) is 5.66. The van der Waals surface area contributed by atoms with Crippen molar-refractivity contribution in [2.75, 3.05) is 36.4 Å². The monoisotopic (exact) mass is 439 g/mol. The molecule has 0 radical (unpaired) electrons. The number of piperazine rings is 1. The van der Waals surface area contributed by atoms with Gasteiger partial charge in [0.2, 0.25) is 5.91 Å². The van der Waals surface area contributed by atoms with Gasteiger partial charge in [-0.1, -0.05) is 11.6 Å². The first-order chi connectivity index (χ1) is 14.9. The minimum atomic E-state index is -0.382. The van der Waals surface area contributed by atoms with Crippen LogP contribution in [0.2, 0.25) is 5.02 Å². The molecule has 1 saturated heterocycles. The van der Waals surface area contributed by atoms with E-state index in [0.29, 0.717) is 42.3 Å². The number of nitrogens with one attached hydrogen (secondary N) is 1. The second-order valence-electron chi connectivity index (χ2n) is 7.48. The number of hydrogen-bond acceptors (Lipinski definition) is 6. The van der Waals surface area contributed by atoms with E-state index in [9.17, 15) is 14.9 Å². The molecule has 1 aromatic heterocycles. The third-order valence-corrected chi connectivity index (χ3v) is 5.91. The van der Waals surface area contributed by atoms with E-state index in [2.05, 4.69) is 20.1 Å². The van der Waals surface area contributed by atoms with Crippen LogP contribution in [0.15, 0.2) is 54.9 Å². The summed E-state index contributed by atoms with van der Waals surface area (Å²) in [6.45, 7) is 4.74. The molecule has 160 valence electrons. The van der Waals surface area contributed by atoms with Gasteiger partial charge in [-0.15, -0.1) is 0 Å². The zero-order valence-electron chi connectivity index (χ0n) is 17.0. The lowest BCUT2D eigenvalue weighted by Gasteiger charge is -2.38. The van der Waals surface area contributed by atoms with E-state index in [4.69, 9.17) is 11.6 Å². The molecule has 0 aliphatic carbocycles. The molecule has 2 aromatic carbocycles. The minimum Gasteiger partial charge on any atom is -0.368 e. The summed E-state index contributed by atoms with van der Waals surface area (Å²) in [5, 5.41) is 16.2. The molecule has 1 N–H and O–H groups in total. The average molecular weight is 440 g/mol. The molecule has 8 nitrogen and oxygen atoms in total. The van der Waals surface area contributed by atoms with Crippen LogP contribution in [0, 0.1) is 10.1 Å². The zero-order valence-corrected chi connectivity index (χ0v) is 17.7. The summed E-state index contributed by atoms with van der Waals surface area (Å²) in [5.74, 6) is -0.0670. The van der Waals surface area contributed by atoms with Gasteiger partial charge in [-0.25, -0.2) is 0 Å². The maximum Gasteiger partial charge on any atom is 0.278 e. The molecule has 0 bridgehead atoms. The number of nitro groups is 1. The number of nitrogens with zero attached hydrogens (tertiary/aromatic N) is 4. The third kappa shape index (κ3) is 4.45. The fraction of sp³-hybridized carbons (Fsp3) is 0.273. The standard InChI is InChI=1S/C22H22ClN5O3/c1-15(22(29)25-17-4-2-16(23)3-5-17)26-10-12-27(13-11-26)20-6-7-21(28(30)31)19-14-24-9-8-18(19)20/h2-9,14-15H,10-13H2,1H3,(H,25,29)/t15-/m1/s1. The predicted octanol–water partition coefficient (Wildman–Crippen LogP) is 3.95. The highest BCUT2D eigenvalue weighted by Gasteiger charge is 2.27. The summed E-state index contributed by atoms with van der Waals surface area (Å²) in [7, 11) is 0. The molecule has 0 unspecified atom stereocenters. The Kier molecular flexibility index (Phi) is 6.01. The van der Waals surface area contributed by atoms with E-state index in [1.807, 2.05) is 13.0 Å². The summed E-state index contributed by atoms with van der Waals surface area (Å²) in [4.78, 5) is 32.0. The molecule has 31 heavy (non-hydrogen) atoms. The zero-order chi connectivity index (χ0) is 22.0. The van der Waals surface area contributed by atoms with Gasteiger partial charge in [0.25, 0.3) is 5.69 Å². The fourth-order valence-corrected chi connectivity index (χ4v) is 4.02. The maximum absolute atomic E-state index is 12.7. The maximum atomic E-state index is 12.7. The van der Waals surface area contributed by atoms with Crippen LogP contribution < -0.4 is 10.2 Å². The van der Waals surface area contributed by atoms with Crippen LogP contribution in [0.5, 0.6) is 0 Å². The van der Waals surface area contributed by atoms with Crippen molar-refractivity contribution in [3.63, 3.8) is 0 Å². The van der Waals surface area contributed by atoms with Crippen molar-refractivity contribution >= 4 is 45.3 Å². The summed E-state index contributed by atoms with van der Waals surface area (Å²) in [5.41, 5.74) is 1.71. The molecule has 3 aromatic rings. The molecule has 1 fully saturated rings. The first-order valence-electron chi connectivity index (χ1n) is 10.0. The number of fused-ring (bicyclic) bond motifs is 1. The second-order valence-corrected chi connectivity index (χ2v) is 7.91. The van der Waals surface area contributed by atoms with Crippen LogP contribution >= 0.6 is 11.6 Å². The van der Waals surface area contributed by atoms with E-state index in [0.717, 1.165) is 11.1 Å². The Morgan fingerprint density at radius 2 is 1.81 bits per heavy atom. The van der Waals surface area contributed by atoms with Crippen LogP contribution in [0.25, 0.3) is 10.8 Å². The lowest BCUT2D eigenvalue weighted by atomic mass is 10.1. The van der Waals surface area contributed by atoms with Crippen molar-refractivity contribution in [3.8, 4) is 0 Å². The van der Waals surface area contributed by atoms with Gasteiger partial charge in [-0.05, 0) is 43.3 Å². The summed E-state index contributed by atoms with van der Waals surface area (Å²) in [6.07, 6.45) is 3.19. The van der Waals surface area contributed by atoms with Gasteiger partial charge in [0.05, 0.1) is 16.4 Å². The minimum absolute atomic E-state index is 0.0537. The second kappa shape index (κ2) is 8.87. The summed E-state index contributed by atoms with van der Waals surface area (Å²) in [6, 6.07) is 11.9. The quantitative estimate of drug-likeness (QED) is 0.478. The molecular formula is C22H22ClN5O3. The number of carbonyl (C=O) groups is 1. The van der Waals surface area contributed by atoms with Gasteiger partial charge >= 0.3 is 0 Å². The van der Waals surface area contributed by atoms with E-state index in [1.54, 1.807) is 36.5 Å². The number of nitro benzene ring substituents is 1. The van der Waals surface area contributed by atoms with Gasteiger partial charge in [0, 0.05) is 66.4 Å². The molecule has 1 atom stereocenters. The van der Waals surface area contributed by atoms with Crippen molar-refractivity contribution < 1.29 is 9.72 Å². The van der Waals surface area contributed by atoms with E-state index < -0.39 is 0 Å². The van der Waals surface area contributed by atoms with Crippen LogP contribution in [0.3, 0.4) is 0 Å². The Hall–Kier alpha value is -3.23. The van der Waals surface area contributed by atoms with Crippen LogP contribution in [-0.2, 0) is 4.79 Å². The van der Waals surface area contributed by atoms with E-state index >= 15 is 0 Å². The van der Waals surface area contributed by atoms with Crippen molar-refractivity contribution in [2.24, 2.45) is 0 Å². The van der Waals surface area contributed by atoms with Gasteiger partial charge < -0.3 is 10.2 Å². The van der Waals surface area contributed by atoms with Crippen LogP contribution in [0.1, 0.15) is 6.92 Å². The summed E-state index contributed by atoms with van der Waals surface area (Å²) >= 11 is 5.89. The number of non-ortho nitro benzene ring substituents is 1. The Balaban J connectivity index is 1.44. The predicted molar refractivity (Wildman–Crippen MR) is 122 cm³/mol. The number of amides is 1. The van der Waals surface area contributed by atoms with Crippen LogP contribution in [0.4, 0.5) is 17.1 Å². The molecule has 1 aliphatic heterocycles. The largest absolute Gasteiger partial charge is 0.368 e. The highest BCUT2D eigenvalue weighted by molar-refractivity contribution is 6.30. The Labute approximate surface area is 184 Å². The molecule has 1 amide bonds. The van der Waals surface area contributed by atoms with Gasteiger partial charge in [-0.3, -0.25) is 24.8 Å². The smallest absolute Gasteiger partial charge is 0.278 e. The Bertz CT molecular complexity index is 1110. The average Bonchev–Trinajstić information content (AvgIpc) is 2.79. The first-order valence-corrected chi connectivity index (χ1v) is 10.4. The Morgan fingerprint density at radius 1 is 1.10 bits per heavy atom. The van der Waals surface area contributed by atoms with Gasteiger partial charge in [-0.2, -0.15) is 0 Å². The lowest BCUT2D eigenvalue weighted by Crippen LogP contribution is -2.52. The number of aromatic nitrogens is 1. The van der Waals surface area contributed by atoms with Crippen molar-refractivity contribution in [3.05, 3.63) is 70.0 Å². The fourth-order valence-electron chi connectivity index (χ4n) is 3.89. The highest BCUT2D eigenvalue weighted by atomic mass is 35.5. The van der Waals surface area contributed by atoms with E-state index in [-0.39, 0.29) is 22.6 Å². The van der Waals surface area contributed by atoms with Gasteiger partial charge in [0.15, 0.2) is 0 Å². The number of pyridine rings is 1. The van der Waals surface area contributed by atoms with E-state index in [1.165, 1.54) is 12.3 Å². The number of halogens is 1. The number of carbonyl (C=O) groups excluding carboxylic acids is 1. The lowest BCUT2D eigenvalue weighted by molar-refractivity contribution is -0.383. The highest BCUT2D eigenvalue weighted by Crippen LogP contribution is 2.33. The SMILES string of the molecule is C[C@H](C(=O)Nc1ccc(Cl)cc1)N1CCN(c2ccc([N+](=O)[O-])c3cnccc23)CC1. The molecule has 4 rings (SSSR count). The van der Waals surface area contributed by atoms with Gasteiger partial charge in [0.1, 0.15) is 0 Å². The number of anilines is 2. The molecule has 2 heterocycles. The summed E-state index contributed by atoms with van der Waals surface area (Å²) < 4.78 is 0. The number of rotatable bonds is 5. The topological polar surface area (TPSA) is 91.6 Å². The number of hydrogen-bond donors (Lipinski definition) is 1. The molecule has 1 aliphatic rings. The van der Waals surface area contributed by atoms with Crippen molar-refractivity contribution in [1.29, 1.82) is 0 Å². The Morgan fingerprint density at radius 3 is 2.48 bits per heavy atom. The van der Waals surface area contributed by atoms with Crippen LogP contribution in [-0.4, -0.2) is 52.9 Å². The molecule has 0 saturated carbocycles.